The molecule has 0 spiro atoms. The number of aromatic carboxylic acids is 1. The fraction of sp³-hybridized carbons (Fsp3) is 0.289. The molecule has 4 aromatic carbocycles. The summed E-state index contributed by atoms with van der Waals surface area (Å²) in [7, 11) is 0. The van der Waals surface area contributed by atoms with Crippen LogP contribution in [0.5, 0.6) is 0 Å². The van der Waals surface area contributed by atoms with Gasteiger partial charge in [-0.3, -0.25) is 4.79 Å². The third-order valence-electron chi connectivity index (χ3n) is 8.23. The van der Waals surface area contributed by atoms with Gasteiger partial charge in [-0.1, -0.05) is 73.7 Å². The third-order valence-corrected chi connectivity index (χ3v) is 9.33. The highest BCUT2D eigenvalue weighted by Gasteiger charge is 2.38. The van der Waals surface area contributed by atoms with Gasteiger partial charge in [-0.2, -0.15) is 0 Å². The Morgan fingerprint density at radius 1 is 0.837 bits per heavy atom. The lowest BCUT2D eigenvalue weighted by atomic mass is 9.91. The molecule has 0 radical (unpaired) electrons. The van der Waals surface area contributed by atoms with Crippen LogP contribution in [0.25, 0.3) is 11.1 Å². The van der Waals surface area contributed by atoms with Crippen LogP contribution in [0.2, 0.25) is 0 Å². The van der Waals surface area contributed by atoms with E-state index in [1.54, 1.807) is 30.8 Å². The molecule has 49 heavy (non-hydrogen) atoms. The molecule has 5 rings (SSSR count). The molecule has 4 unspecified atom stereocenters. The summed E-state index contributed by atoms with van der Waals surface area (Å²) in [6.45, 7) is 4.12. The largest absolute Gasteiger partial charge is 0.478 e. The Morgan fingerprint density at radius 3 is 2.22 bits per heavy atom. The van der Waals surface area contributed by atoms with Crippen LogP contribution in [0.1, 0.15) is 58.9 Å². The van der Waals surface area contributed by atoms with Gasteiger partial charge in [0.15, 0.2) is 6.29 Å². The molecule has 1 aliphatic rings. The van der Waals surface area contributed by atoms with E-state index in [4.69, 9.17) is 14.2 Å². The average Bonchev–Trinajstić information content (AvgIpc) is 3.13. The first-order valence-corrected chi connectivity index (χ1v) is 17.1. The number of amides is 2. The zero-order chi connectivity index (χ0) is 34.8. The highest BCUT2D eigenvalue weighted by Crippen LogP contribution is 2.43. The zero-order valence-corrected chi connectivity index (χ0v) is 28.2. The normalized spacial score (nSPS) is 18.8. The minimum Gasteiger partial charge on any atom is -0.478 e. The first-order valence-electron chi connectivity index (χ1n) is 16.1. The topological polar surface area (TPSA) is 143 Å². The van der Waals surface area contributed by atoms with Gasteiger partial charge < -0.3 is 35.1 Å². The Labute approximate surface area is 289 Å². The number of esters is 1. The van der Waals surface area contributed by atoms with Crippen molar-refractivity contribution in [3.63, 3.8) is 0 Å². The second-order valence-electron chi connectivity index (χ2n) is 11.6. The minimum atomic E-state index is -0.958. The number of benzene rings is 4. The summed E-state index contributed by atoms with van der Waals surface area (Å²) in [6.07, 6.45) is -1.06. The number of urea groups is 1. The Kier molecular flexibility index (Phi) is 12.4. The highest BCUT2D eigenvalue weighted by atomic mass is 32.2. The van der Waals surface area contributed by atoms with Gasteiger partial charge in [-0.05, 0) is 65.1 Å². The molecule has 1 aliphatic heterocycles. The van der Waals surface area contributed by atoms with Crippen molar-refractivity contribution < 1.29 is 38.8 Å². The number of carboxylic acid groups (broad SMARTS) is 1. The predicted molar refractivity (Wildman–Crippen MR) is 186 cm³/mol. The molecular formula is C38H40N2O8S. The van der Waals surface area contributed by atoms with Gasteiger partial charge in [0.2, 0.25) is 0 Å². The van der Waals surface area contributed by atoms with E-state index in [2.05, 4.69) is 17.6 Å². The van der Waals surface area contributed by atoms with Gasteiger partial charge in [0.25, 0.3) is 0 Å². The number of nitrogens with one attached hydrogen (secondary N) is 2. The van der Waals surface area contributed by atoms with E-state index >= 15 is 0 Å². The van der Waals surface area contributed by atoms with Crippen LogP contribution < -0.4 is 10.6 Å². The fourth-order valence-corrected chi connectivity index (χ4v) is 6.55. The van der Waals surface area contributed by atoms with Crippen molar-refractivity contribution >= 4 is 29.7 Å². The van der Waals surface area contributed by atoms with Gasteiger partial charge >= 0.3 is 18.0 Å². The van der Waals surface area contributed by atoms with Crippen molar-refractivity contribution in [1.82, 2.24) is 10.6 Å². The summed E-state index contributed by atoms with van der Waals surface area (Å²) in [5, 5.41) is 24.0. The molecule has 2 amide bonds. The molecule has 4 atom stereocenters. The summed E-state index contributed by atoms with van der Waals surface area (Å²) in [6, 6.07) is 30.0. The van der Waals surface area contributed by atoms with Crippen molar-refractivity contribution in [2.24, 2.45) is 5.92 Å². The van der Waals surface area contributed by atoms with Gasteiger partial charge in [0.05, 0.1) is 31.0 Å². The maximum Gasteiger partial charge on any atom is 0.335 e. The van der Waals surface area contributed by atoms with Crippen LogP contribution >= 0.6 is 11.8 Å². The monoisotopic (exact) mass is 684 g/mol. The number of carbonyl (C=O) groups is 3. The summed E-state index contributed by atoms with van der Waals surface area (Å²) in [5.41, 5.74) is 5.78. The van der Waals surface area contributed by atoms with E-state index in [1.807, 2.05) is 84.9 Å². The molecule has 10 nitrogen and oxygen atoms in total. The quantitative estimate of drug-likeness (QED) is 0.0918. The Hall–Kier alpha value is -4.68. The first kappa shape index (κ1) is 35.6. The zero-order valence-electron chi connectivity index (χ0n) is 27.3. The molecule has 4 aromatic rings. The van der Waals surface area contributed by atoms with Crippen molar-refractivity contribution in [1.29, 1.82) is 0 Å². The first-order chi connectivity index (χ1) is 23.7. The molecule has 4 N–H and O–H groups in total. The van der Waals surface area contributed by atoms with Crippen LogP contribution in [0.3, 0.4) is 0 Å². The van der Waals surface area contributed by atoms with Crippen molar-refractivity contribution in [3.8, 4) is 11.1 Å². The number of carboxylic acids is 1. The van der Waals surface area contributed by atoms with Crippen LogP contribution in [-0.2, 0) is 32.2 Å². The molecule has 0 aromatic heterocycles. The second kappa shape index (κ2) is 17.1. The molecule has 0 bridgehead atoms. The third kappa shape index (κ3) is 9.70. The fourth-order valence-electron chi connectivity index (χ4n) is 5.48. The summed E-state index contributed by atoms with van der Waals surface area (Å²) < 4.78 is 18.0. The standard InChI is InChI=1S/C38H40N2O8S/c1-3-46-34(42)21-40-38(45)39-20-26-5-4-6-31(19-26)27-11-13-30(14-12-27)37-47-33(23-49-32-17-15-29(16-18-32)36(43)44)24(2)35(48-37)28-9-7-25(22-41)8-10-28/h4-19,24,33,35,37,41H,3,20-23H2,1-2H3,(H,43,44)(H2,39,40,45). The van der Waals surface area contributed by atoms with Gasteiger partial charge in [0.1, 0.15) is 6.54 Å². The lowest BCUT2D eigenvalue weighted by Crippen LogP contribution is -2.38. The molecule has 256 valence electrons. The maximum absolute atomic E-state index is 12.1. The SMILES string of the molecule is CCOC(=O)CNC(=O)NCc1cccc(-c2ccc(C3OC(CSc4ccc(C(=O)O)cc4)C(C)C(c4ccc(CO)cc4)O3)cc2)c1. The molecule has 11 heteroatoms. The number of carbonyl (C=O) groups excluding carboxylic acids is 2. The number of thioether (sulfide) groups is 1. The molecule has 1 fully saturated rings. The van der Waals surface area contributed by atoms with Crippen LogP contribution in [0.4, 0.5) is 4.79 Å². The van der Waals surface area contributed by atoms with Crippen molar-refractivity contribution in [2.75, 3.05) is 18.9 Å². The smallest absolute Gasteiger partial charge is 0.335 e. The summed E-state index contributed by atoms with van der Waals surface area (Å²) in [5.74, 6) is -0.809. The lowest BCUT2D eigenvalue weighted by molar-refractivity contribution is -0.268. The van der Waals surface area contributed by atoms with Crippen LogP contribution in [0, 0.1) is 5.92 Å². The maximum atomic E-state index is 12.1. The Balaban J connectivity index is 1.28. The number of aliphatic hydroxyl groups excluding tert-OH is 1. The van der Waals surface area contributed by atoms with E-state index < -0.39 is 24.3 Å². The second-order valence-corrected chi connectivity index (χ2v) is 12.7. The van der Waals surface area contributed by atoms with E-state index in [9.17, 15) is 24.6 Å². The number of ether oxygens (including phenoxy) is 3. The molecule has 0 saturated carbocycles. The molecule has 1 saturated heterocycles. The van der Waals surface area contributed by atoms with E-state index in [-0.39, 0.29) is 50.0 Å². The van der Waals surface area contributed by atoms with Gasteiger partial charge in [-0.15, -0.1) is 11.8 Å². The van der Waals surface area contributed by atoms with Gasteiger partial charge in [-0.25, -0.2) is 9.59 Å². The molecule has 0 aliphatic carbocycles. The minimum absolute atomic E-state index is 0.00452. The van der Waals surface area contributed by atoms with Crippen LogP contribution in [-0.4, -0.2) is 53.2 Å². The van der Waals surface area contributed by atoms with Crippen molar-refractivity contribution in [3.05, 3.63) is 125 Å². The predicted octanol–water partition coefficient (Wildman–Crippen LogP) is 6.49. The molecule has 1 heterocycles. The van der Waals surface area contributed by atoms with Gasteiger partial charge in [0, 0.05) is 28.7 Å². The number of hydrogen-bond acceptors (Lipinski definition) is 8. The summed E-state index contributed by atoms with van der Waals surface area (Å²) >= 11 is 1.61. The average molecular weight is 685 g/mol. The van der Waals surface area contributed by atoms with E-state index in [0.29, 0.717) is 5.75 Å². The number of rotatable bonds is 13. The van der Waals surface area contributed by atoms with Crippen molar-refractivity contribution in [2.45, 2.75) is 50.4 Å². The summed E-state index contributed by atoms with van der Waals surface area (Å²) in [4.78, 5) is 35.8. The Bertz CT molecular complexity index is 1710. The van der Waals surface area contributed by atoms with Crippen LogP contribution in [0.15, 0.2) is 102 Å². The van der Waals surface area contributed by atoms with E-state index in [0.717, 1.165) is 38.3 Å². The Morgan fingerprint density at radius 2 is 1.55 bits per heavy atom. The highest BCUT2D eigenvalue weighted by molar-refractivity contribution is 7.99. The molecular weight excluding hydrogens is 644 g/mol. The van der Waals surface area contributed by atoms with E-state index in [1.165, 1.54) is 0 Å². The number of aliphatic hydroxyl groups is 1. The lowest BCUT2D eigenvalue weighted by Gasteiger charge is -2.41. The number of hydrogen-bond donors (Lipinski definition) is 4.